The molecule has 0 aromatic rings. The first-order valence-corrected chi connectivity index (χ1v) is 9.21. The predicted molar refractivity (Wildman–Crippen MR) is 91.1 cm³/mol. The lowest BCUT2D eigenvalue weighted by atomic mass is 9.71. The molecule has 0 bridgehead atoms. The minimum Gasteiger partial charge on any atom is -0.360 e. The van der Waals surface area contributed by atoms with Gasteiger partial charge < -0.3 is 15.4 Å². The van der Waals surface area contributed by atoms with E-state index in [0.29, 0.717) is 5.92 Å². The summed E-state index contributed by atoms with van der Waals surface area (Å²) in [4.78, 5) is 12.1. The van der Waals surface area contributed by atoms with Crippen molar-refractivity contribution in [3.05, 3.63) is 0 Å². The molecule has 0 aromatic heterocycles. The van der Waals surface area contributed by atoms with E-state index in [9.17, 15) is 4.79 Å². The number of aldehydes is 1. The van der Waals surface area contributed by atoms with Gasteiger partial charge in [0.1, 0.15) is 6.29 Å². The Labute approximate surface area is 135 Å². The van der Waals surface area contributed by atoms with Crippen LogP contribution < -0.4 is 10.6 Å². The molecule has 0 aromatic carbocycles. The molecule has 0 heterocycles. The van der Waals surface area contributed by atoms with Gasteiger partial charge >= 0.3 is 0 Å². The first-order chi connectivity index (χ1) is 10.7. The van der Waals surface area contributed by atoms with Crippen LogP contribution in [0.5, 0.6) is 0 Å². The van der Waals surface area contributed by atoms with Gasteiger partial charge in [-0.25, -0.2) is 0 Å². The Morgan fingerprint density at radius 2 is 1.68 bits per heavy atom. The second kappa shape index (κ2) is 8.54. The third kappa shape index (κ3) is 4.47. The van der Waals surface area contributed by atoms with Crippen LogP contribution in [0.15, 0.2) is 0 Å². The van der Waals surface area contributed by atoms with Crippen LogP contribution in [0.2, 0.25) is 0 Å². The van der Waals surface area contributed by atoms with Crippen molar-refractivity contribution in [2.24, 2.45) is 11.8 Å². The van der Waals surface area contributed by atoms with Crippen LogP contribution in [-0.4, -0.2) is 24.8 Å². The van der Waals surface area contributed by atoms with Gasteiger partial charge in [0.2, 0.25) is 0 Å². The van der Waals surface area contributed by atoms with Crippen LogP contribution in [0.3, 0.4) is 0 Å². The van der Waals surface area contributed by atoms with Crippen LogP contribution in [0.1, 0.15) is 77.0 Å². The molecular weight excluding hydrogens is 274 g/mol. The van der Waals surface area contributed by atoms with Crippen LogP contribution in [0, 0.1) is 17.2 Å². The van der Waals surface area contributed by atoms with Gasteiger partial charge in [0.05, 0.1) is 5.54 Å². The highest BCUT2D eigenvalue weighted by Crippen LogP contribution is 2.37. The summed E-state index contributed by atoms with van der Waals surface area (Å²) < 4.78 is 0. The Bertz CT molecular complexity index is 359. The van der Waals surface area contributed by atoms with Crippen molar-refractivity contribution in [2.45, 2.75) is 82.6 Å². The minimum atomic E-state index is -0.530. The average molecular weight is 307 g/mol. The fourth-order valence-corrected chi connectivity index (χ4v) is 4.39. The van der Waals surface area contributed by atoms with E-state index in [2.05, 4.69) is 10.6 Å². The second-order valence-corrected chi connectivity index (χ2v) is 7.29. The van der Waals surface area contributed by atoms with Gasteiger partial charge in [-0.1, -0.05) is 51.4 Å². The standard InChI is InChI=1S/C18H33N3O/c1-20-17(19)21-18(14-22,16-10-6-3-7-11-16)13-12-15-8-4-2-5-9-15/h14-16H,2-13H2,1H3,(H3,19,20,21). The molecule has 126 valence electrons. The number of nitrogens with one attached hydrogen (secondary N) is 3. The molecule has 2 aliphatic carbocycles. The zero-order valence-electron chi connectivity index (χ0n) is 14.1. The largest absolute Gasteiger partial charge is 0.360 e. The van der Waals surface area contributed by atoms with Crippen molar-refractivity contribution >= 4 is 12.2 Å². The predicted octanol–water partition coefficient (Wildman–Crippen LogP) is 3.61. The highest BCUT2D eigenvalue weighted by molar-refractivity contribution is 5.82. The van der Waals surface area contributed by atoms with E-state index in [1.54, 1.807) is 7.05 Å². The fourth-order valence-electron chi connectivity index (χ4n) is 4.39. The lowest BCUT2D eigenvalue weighted by Gasteiger charge is -2.41. The van der Waals surface area contributed by atoms with E-state index in [4.69, 9.17) is 5.41 Å². The summed E-state index contributed by atoms with van der Waals surface area (Å²) in [5, 5.41) is 14.0. The summed E-state index contributed by atoms with van der Waals surface area (Å²) in [5.41, 5.74) is -0.530. The Morgan fingerprint density at radius 1 is 1.09 bits per heavy atom. The summed E-state index contributed by atoms with van der Waals surface area (Å²) in [7, 11) is 1.74. The van der Waals surface area contributed by atoms with Gasteiger partial charge in [-0.2, -0.15) is 0 Å². The molecule has 22 heavy (non-hydrogen) atoms. The summed E-state index contributed by atoms with van der Waals surface area (Å²) in [6, 6.07) is 0. The van der Waals surface area contributed by atoms with Crippen molar-refractivity contribution in [1.82, 2.24) is 10.6 Å². The van der Waals surface area contributed by atoms with E-state index in [1.165, 1.54) is 51.4 Å². The molecule has 4 heteroatoms. The van der Waals surface area contributed by atoms with Gasteiger partial charge in [0.15, 0.2) is 5.96 Å². The summed E-state index contributed by atoms with van der Waals surface area (Å²) >= 11 is 0. The SMILES string of the molecule is CNC(=N)NC(C=O)(CCC1CCCCC1)C1CCCCC1. The summed E-state index contributed by atoms with van der Waals surface area (Å²) in [5.74, 6) is 1.44. The van der Waals surface area contributed by atoms with Gasteiger partial charge in [0, 0.05) is 7.05 Å². The molecular formula is C18H33N3O. The Hall–Kier alpha value is -1.06. The zero-order chi connectivity index (χ0) is 15.8. The average Bonchev–Trinajstić information content (AvgIpc) is 2.60. The highest BCUT2D eigenvalue weighted by atomic mass is 16.1. The monoisotopic (exact) mass is 307 g/mol. The normalized spacial score (nSPS) is 23.5. The van der Waals surface area contributed by atoms with Gasteiger partial charge in [-0.15, -0.1) is 0 Å². The second-order valence-electron chi connectivity index (χ2n) is 7.29. The number of hydrogen-bond donors (Lipinski definition) is 3. The molecule has 2 saturated carbocycles. The Balaban J connectivity index is 2.03. The number of hydrogen-bond acceptors (Lipinski definition) is 2. The summed E-state index contributed by atoms with van der Waals surface area (Å²) in [6.45, 7) is 0. The molecule has 2 fully saturated rings. The Morgan fingerprint density at radius 3 is 2.23 bits per heavy atom. The topological polar surface area (TPSA) is 65.0 Å². The molecule has 0 spiro atoms. The van der Waals surface area contributed by atoms with Gasteiger partial charge in [-0.3, -0.25) is 5.41 Å². The van der Waals surface area contributed by atoms with Crippen molar-refractivity contribution < 1.29 is 4.79 Å². The van der Waals surface area contributed by atoms with Crippen molar-refractivity contribution in [3.8, 4) is 0 Å². The van der Waals surface area contributed by atoms with Crippen molar-refractivity contribution in [3.63, 3.8) is 0 Å². The number of rotatable bonds is 6. The van der Waals surface area contributed by atoms with E-state index in [1.807, 2.05) is 0 Å². The van der Waals surface area contributed by atoms with E-state index in [-0.39, 0.29) is 5.96 Å². The molecule has 2 rings (SSSR count). The quantitative estimate of drug-likeness (QED) is 0.399. The van der Waals surface area contributed by atoms with Crippen molar-refractivity contribution in [1.29, 1.82) is 5.41 Å². The summed E-state index contributed by atoms with van der Waals surface area (Å²) in [6.07, 6.45) is 15.8. The number of carbonyl (C=O) groups is 1. The molecule has 0 aliphatic heterocycles. The van der Waals surface area contributed by atoms with Crippen LogP contribution in [0.4, 0.5) is 0 Å². The highest BCUT2D eigenvalue weighted by Gasteiger charge is 2.40. The zero-order valence-corrected chi connectivity index (χ0v) is 14.1. The number of guanidine groups is 1. The molecule has 1 unspecified atom stereocenters. The van der Waals surface area contributed by atoms with Crippen LogP contribution in [-0.2, 0) is 4.79 Å². The maximum atomic E-state index is 12.1. The molecule has 1 atom stereocenters. The van der Waals surface area contributed by atoms with Crippen molar-refractivity contribution in [2.75, 3.05) is 7.05 Å². The maximum Gasteiger partial charge on any atom is 0.188 e. The smallest absolute Gasteiger partial charge is 0.188 e. The Kier molecular flexibility index (Phi) is 6.71. The lowest BCUT2D eigenvalue weighted by molar-refractivity contribution is -0.115. The molecule has 0 radical (unpaired) electrons. The lowest BCUT2D eigenvalue weighted by Crippen LogP contribution is -2.58. The molecule has 0 saturated heterocycles. The van der Waals surface area contributed by atoms with E-state index < -0.39 is 5.54 Å². The van der Waals surface area contributed by atoms with Crippen LogP contribution >= 0.6 is 0 Å². The fraction of sp³-hybridized carbons (Fsp3) is 0.889. The third-order valence-corrected chi connectivity index (χ3v) is 5.84. The van der Waals surface area contributed by atoms with Crippen LogP contribution in [0.25, 0.3) is 0 Å². The van der Waals surface area contributed by atoms with Gasteiger partial charge in [-0.05, 0) is 37.5 Å². The molecule has 3 N–H and O–H groups in total. The number of carbonyl (C=O) groups excluding carboxylic acids is 1. The molecule has 0 amide bonds. The minimum absolute atomic E-state index is 0.279. The van der Waals surface area contributed by atoms with E-state index >= 15 is 0 Å². The first kappa shape index (κ1) is 17.3. The van der Waals surface area contributed by atoms with Gasteiger partial charge in [0.25, 0.3) is 0 Å². The first-order valence-electron chi connectivity index (χ1n) is 9.21. The van der Waals surface area contributed by atoms with E-state index in [0.717, 1.165) is 37.9 Å². The molecule has 2 aliphatic rings. The maximum absolute atomic E-state index is 12.1. The third-order valence-electron chi connectivity index (χ3n) is 5.84. The molecule has 4 nitrogen and oxygen atoms in total.